The third-order valence-corrected chi connectivity index (χ3v) is 5.49. The van der Waals surface area contributed by atoms with Gasteiger partial charge in [-0.3, -0.25) is 9.59 Å². The molecule has 1 unspecified atom stereocenters. The average molecular weight is 391 g/mol. The topological polar surface area (TPSA) is 92.1 Å². The Labute approximate surface area is 170 Å². The molecule has 150 valence electrons. The van der Waals surface area contributed by atoms with Gasteiger partial charge in [-0.2, -0.15) is 0 Å². The Morgan fingerprint density at radius 3 is 2.28 bits per heavy atom. The first kappa shape index (κ1) is 20.6. The van der Waals surface area contributed by atoms with Gasteiger partial charge in [-0.15, -0.1) is 0 Å². The summed E-state index contributed by atoms with van der Waals surface area (Å²) in [5, 5.41) is 3.49. The normalized spacial score (nSPS) is 13.1. The van der Waals surface area contributed by atoms with Crippen LogP contribution in [0.1, 0.15) is 49.7 Å². The van der Waals surface area contributed by atoms with Gasteiger partial charge in [0.25, 0.3) is 0 Å². The molecular formula is C23H25N3O3. The molecule has 1 atom stereocenters. The number of hydrogen-bond donors (Lipinski definition) is 0. The Hall–Kier alpha value is -3.11. The molecule has 0 spiro atoms. The van der Waals surface area contributed by atoms with E-state index in [-0.39, 0.29) is 36.6 Å². The first-order valence-electron chi connectivity index (χ1n) is 9.97. The second-order valence-corrected chi connectivity index (χ2v) is 7.37. The van der Waals surface area contributed by atoms with Crippen LogP contribution in [0.2, 0.25) is 0 Å². The van der Waals surface area contributed by atoms with E-state index in [0.29, 0.717) is 19.4 Å². The van der Waals surface area contributed by atoms with Crippen molar-refractivity contribution in [3.63, 3.8) is 0 Å². The maximum Gasteiger partial charge on any atom is 0.306 e. The SMILES string of the molecule is CC(=O)C(CCCCN=[N+]=[N-])CC(=O)OCC1c2ccccc2-c2ccccc21. The highest BCUT2D eigenvalue weighted by Crippen LogP contribution is 2.44. The molecule has 0 N–H and O–H groups in total. The molecule has 0 saturated carbocycles. The summed E-state index contributed by atoms with van der Waals surface area (Å²) in [5.74, 6) is -0.688. The number of ether oxygens (including phenoxy) is 1. The van der Waals surface area contributed by atoms with E-state index in [1.54, 1.807) is 0 Å². The lowest BCUT2D eigenvalue weighted by atomic mass is 9.94. The van der Waals surface area contributed by atoms with Crippen molar-refractivity contribution >= 4 is 11.8 Å². The van der Waals surface area contributed by atoms with Crippen molar-refractivity contribution in [2.45, 2.75) is 38.5 Å². The van der Waals surface area contributed by atoms with Gasteiger partial charge >= 0.3 is 5.97 Å². The zero-order valence-corrected chi connectivity index (χ0v) is 16.6. The number of carbonyl (C=O) groups is 2. The van der Waals surface area contributed by atoms with Crippen molar-refractivity contribution in [3.05, 3.63) is 70.1 Å². The fourth-order valence-corrected chi connectivity index (χ4v) is 3.94. The molecule has 6 nitrogen and oxygen atoms in total. The molecule has 1 aliphatic carbocycles. The fraction of sp³-hybridized carbons (Fsp3) is 0.391. The van der Waals surface area contributed by atoms with Crippen molar-refractivity contribution in [2.24, 2.45) is 11.0 Å². The Bertz CT molecular complexity index is 889. The van der Waals surface area contributed by atoms with Crippen LogP contribution in [0.4, 0.5) is 0 Å². The lowest BCUT2D eigenvalue weighted by molar-refractivity contribution is -0.146. The Balaban J connectivity index is 1.58. The quantitative estimate of drug-likeness (QED) is 0.178. The summed E-state index contributed by atoms with van der Waals surface area (Å²) in [6.07, 6.45) is 2.13. The molecule has 0 bridgehead atoms. The van der Waals surface area contributed by atoms with Crippen LogP contribution in [0, 0.1) is 5.92 Å². The van der Waals surface area contributed by atoms with E-state index >= 15 is 0 Å². The molecule has 0 radical (unpaired) electrons. The number of nitrogens with zero attached hydrogens (tertiary/aromatic N) is 3. The Morgan fingerprint density at radius 2 is 1.69 bits per heavy atom. The lowest BCUT2D eigenvalue weighted by Gasteiger charge is -2.16. The number of esters is 1. The predicted molar refractivity (Wildman–Crippen MR) is 111 cm³/mol. The van der Waals surface area contributed by atoms with Gasteiger partial charge in [-0.25, -0.2) is 0 Å². The molecule has 29 heavy (non-hydrogen) atoms. The molecule has 0 aliphatic heterocycles. The van der Waals surface area contributed by atoms with Crippen LogP contribution in [0.5, 0.6) is 0 Å². The van der Waals surface area contributed by atoms with Crippen LogP contribution in [-0.2, 0) is 14.3 Å². The first-order chi connectivity index (χ1) is 14.1. The van der Waals surface area contributed by atoms with Crippen molar-refractivity contribution in [3.8, 4) is 11.1 Å². The summed E-state index contributed by atoms with van der Waals surface area (Å²) >= 11 is 0. The highest BCUT2D eigenvalue weighted by molar-refractivity contribution is 5.83. The summed E-state index contributed by atoms with van der Waals surface area (Å²) in [6, 6.07) is 16.4. The molecule has 3 rings (SSSR count). The monoisotopic (exact) mass is 391 g/mol. The van der Waals surface area contributed by atoms with Crippen LogP contribution in [0.15, 0.2) is 53.6 Å². The molecule has 0 saturated heterocycles. The number of unbranched alkanes of at least 4 members (excludes halogenated alkanes) is 1. The van der Waals surface area contributed by atoms with Gasteiger partial charge < -0.3 is 4.74 Å². The van der Waals surface area contributed by atoms with Gasteiger partial charge in [0.15, 0.2) is 0 Å². The summed E-state index contributed by atoms with van der Waals surface area (Å²) in [6.45, 7) is 2.19. The van der Waals surface area contributed by atoms with Crippen LogP contribution in [0.25, 0.3) is 21.6 Å². The molecule has 0 fully saturated rings. The zero-order chi connectivity index (χ0) is 20.6. The summed E-state index contributed by atoms with van der Waals surface area (Å²) in [7, 11) is 0. The third kappa shape index (κ3) is 5.04. The van der Waals surface area contributed by atoms with Gasteiger partial charge in [0.1, 0.15) is 12.4 Å². The van der Waals surface area contributed by atoms with E-state index < -0.39 is 0 Å². The van der Waals surface area contributed by atoms with Crippen molar-refractivity contribution < 1.29 is 14.3 Å². The molecule has 0 amide bonds. The number of carbonyl (C=O) groups excluding carboxylic acids is 2. The molecular weight excluding hydrogens is 366 g/mol. The minimum absolute atomic E-state index is 0.0118. The second-order valence-electron chi connectivity index (χ2n) is 7.37. The molecule has 0 aromatic heterocycles. The number of fused-ring (bicyclic) bond motifs is 3. The second kappa shape index (κ2) is 9.89. The van der Waals surface area contributed by atoms with Crippen molar-refractivity contribution in [1.29, 1.82) is 0 Å². The summed E-state index contributed by atoms with van der Waals surface area (Å²) in [4.78, 5) is 27.0. The zero-order valence-electron chi connectivity index (χ0n) is 16.6. The first-order valence-corrected chi connectivity index (χ1v) is 9.97. The van der Waals surface area contributed by atoms with Gasteiger partial charge in [0, 0.05) is 23.3 Å². The minimum atomic E-state index is -0.350. The molecule has 0 heterocycles. The van der Waals surface area contributed by atoms with E-state index in [1.807, 2.05) is 24.3 Å². The van der Waals surface area contributed by atoms with Crippen LogP contribution < -0.4 is 0 Å². The molecule has 1 aliphatic rings. The Kier molecular flexibility index (Phi) is 7.04. The van der Waals surface area contributed by atoms with Gasteiger partial charge in [0.2, 0.25) is 0 Å². The summed E-state index contributed by atoms with van der Waals surface area (Å²) < 4.78 is 5.61. The van der Waals surface area contributed by atoms with E-state index in [2.05, 4.69) is 34.3 Å². The minimum Gasteiger partial charge on any atom is -0.465 e. The highest BCUT2D eigenvalue weighted by atomic mass is 16.5. The van der Waals surface area contributed by atoms with Gasteiger partial charge in [-0.1, -0.05) is 60.1 Å². The van der Waals surface area contributed by atoms with E-state index in [9.17, 15) is 9.59 Å². The van der Waals surface area contributed by atoms with E-state index in [0.717, 1.165) is 6.42 Å². The van der Waals surface area contributed by atoms with Crippen LogP contribution in [0.3, 0.4) is 0 Å². The van der Waals surface area contributed by atoms with Crippen LogP contribution >= 0.6 is 0 Å². The van der Waals surface area contributed by atoms with Gasteiger partial charge in [0.05, 0.1) is 6.42 Å². The number of benzene rings is 2. The van der Waals surface area contributed by atoms with E-state index in [1.165, 1.54) is 29.2 Å². The number of azide groups is 1. The van der Waals surface area contributed by atoms with Gasteiger partial charge in [-0.05, 0) is 47.6 Å². The third-order valence-electron chi connectivity index (χ3n) is 5.49. The number of hydrogen-bond acceptors (Lipinski definition) is 4. The number of rotatable bonds is 10. The average Bonchev–Trinajstić information content (AvgIpc) is 3.05. The Morgan fingerprint density at radius 1 is 1.07 bits per heavy atom. The van der Waals surface area contributed by atoms with Crippen molar-refractivity contribution in [2.75, 3.05) is 13.2 Å². The van der Waals surface area contributed by atoms with Crippen LogP contribution in [-0.4, -0.2) is 24.9 Å². The van der Waals surface area contributed by atoms with Crippen molar-refractivity contribution in [1.82, 2.24) is 0 Å². The number of Topliss-reactive ketones (excluding diaryl/α,β-unsaturated/α-hetero) is 1. The fourth-order valence-electron chi connectivity index (χ4n) is 3.94. The molecule has 2 aromatic carbocycles. The molecule has 2 aromatic rings. The highest BCUT2D eigenvalue weighted by Gasteiger charge is 2.29. The maximum atomic E-state index is 12.4. The number of ketones is 1. The standard InChI is InChI=1S/C23H25N3O3/c1-16(27)17(8-6-7-13-25-26-24)14-23(28)29-15-22-20-11-4-2-9-18(20)19-10-3-5-12-21(19)22/h2-5,9-12,17,22H,6-8,13-15H2,1H3. The maximum absolute atomic E-state index is 12.4. The smallest absolute Gasteiger partial charge is 0.306 e. The summed E-state index contributed by atoms with van der Waals surface area (Å²) in [5.41, 5.74) is 13.0. The molecule has 6 heteroatoms. The van der Waals surface area contributed by atoms with E-state index in [4.69, 9.17) is 10.3 Å². The lowest BCUT2D eigenvalue weighted by Crippen LogP contribution is -2.20. The predicted octanol–water partition coefficient (Wildman–Crippen LogP) is 5.42. The largest absolute Gasteiger partial charge is 0.465 e.